The highest BCUT2D eigenvalue weighted by Crippen LogP contribution is 2.48. The van der Waals surface area contributed by atoms with Gasteiger partial charge in [0, 0.05) is 10.9 Å². The van der Waals surface area contributed by atoms with Crippen molar-refractivity contribution in [2.75, 3.05) is 5.88 Å². The highest BCUT2D eigenvalue weighted by atomic mass is 35.5. The van der Waals surface area contributed by atoms with Crippen LogP contribution in [0, 0.1) is 11.3 Å². The Hall–Kier alpha value is -0.200. The standard InChI is InChI=1S/C13H16Cl2/c1-10-6-13(7-10,9-14)8-11-2-4-12(15)5-3-11/h2-5,10H,6-9H2,1H3. The Kier molecular flexibility index (Phi) is 3.27. The quantitative estimate of drug-likeness (QED) is 0.684. The van der Waals surface area contributed by atoms with Gasteiger partial charge in [-0.3, -0.25) is 0 Å². The second-order valence-electron chi connectivity index (χ2n) is 4.95. The average Bonchev–Trinajstić information content (AvgIpc) is 2.18. The van der Waals surface area contributed by atoms with E-state index >= 15 is 0 Å². The summed E-state index contributed by atoms with van der Waals surface area (Å²) in [6.45, 7) is 2.30. The van der Waals surface area contributed by atoms with Crippen molar-refractivity contribution in [3.8, 4) is 0 Å². The normalized spacial score (nSPS) is 29.9. The summed E-state index contributed by atoms with van der Waals surface area (Å²) >= 11 is 11.9. The molecule has 1 saturated carbocycles. The van der Waals surface area contributed by atoms with Gasteiger partial charge in [-0.15, -0.1) is 11.6 Å². The molecule has 15 heavy (non-hydrogen) atoms. The smallest absolute Gasteiger partial charge is 0.0406 e. The number of alkyl halides is 1. The first-order chi connectivity index (χ1) is 7.13. The van der Waals surface area contributed by atoms with Crippen molar-refractivity contribution in [1.82, 2.24) is 0 Å². The van der Waals surface area contributed by atoms with Crippen LogP contribution in [0.1, 0.15) is 25.3 Å². The van der Waals surface area contributed by atoms with Crippen LogP contribution in [0.3, 0.4) is 0 Å². The third-order valence-electron chi connectivity index (χ3n) is 3.34. The molecule has 0 amide bonds. The maximum atomic E-state index is 6.08. The lowest BCUT2D eigenvalue weighted by Crippen LogP contribution is -2.39. The van der Waals surface area contributed by atoms with E-state index in [-0.39, 0.29) is 0 Å². The molecule has 0 N–H and O–H groups in total. The third kappa shape index (κ3) is 2.49. The lowest BCUT2D eigenvalue weighted by Gasteiger charge is -2.45. The summed E-state index contributed by atoms with van der Waals surface area (Å²) in [6, 6.07) is 8.14. The topological polar surface area (TPSA) is 0 Å². The van der Waals surface area contributed by atoms with Gasteiger partial charge in [0.15, 0.2) is 0 Å². The summed E-state index contributed by atoms with van der Waals surface area (Å²) in [7, 11) is 0. The molecule has 0 radical (unpaired) electrons. The van der Waals surface area contributed by atoms with Crippen LogP contribution >= 0.6 is 23.2 Å². The van der Waals surface area contributed by atoms with Gasteiger partial charge in [0.1, 0.15) is 0 Å². The Balaban J connectivity index is 2.04. The maximum Gasteiger partial charge on any atom is 0.0406 e. The summed E-state index contributed by atoms with van der Waals surface area (Å²) in [6.07, 6.45) is 3.62. The SMILES string of the molecule is CC1CC(CCl)(Cc2ccc(Cl)cc2)C1. The summed E-state index contributed by atoms with van der Waals surface area (Å²) in [5.41, 5.74) is 1.71. The van der Waals surface area contributed by atoms with Gasteiger partial charge < -0.3 is 0 Å². The first kappa shape index (κ1) is 11.3. The second kappa shape index (κ2) is 4.35. The largest absolute Gasteiger partial charge is 0.126 e. The zero-order valence-electron chi connectivity index (χ0n) is 8.97. The Morgan fingerprint density at radius 1 is 1.27 bits per heavy atom. The first-order valence-corrected chi connectivity index (χ1v) is 6.35. The lowest BCUT2D eigenvalue weighted by atomic mass is 9.61. The van der Waals surface area contributed by atoms with Gasteiger partial charge in [0.05, 0.1) is 0 Å². The lowest BCUT2D eigenvalue weighted by molar-refractivity contribution is 0.0925. The van der Waals surface area contributed by atoms with Crippen LogP contribution in [0.5, 0.6) is 0 Å². The zero-order chi connectivity index (χ0) is 10.9. The second-order valence-corrected chi connectivity index (χ2v) is 5.65. The van der Waals surface area contributed by atoms with Gasteiger partial charge in [-0.05, 0) is 48.3 Å². The van der Waals surface area contributed by atoms with Crippen molar-refractivity contribution < 1.29 is 0 Å². The van der Waals surface area contributed by atoms with E-state index in [1.54, 1.807) is 0 Å². The van der Waals surface area contributed by atoms with Crippen molar-refractivity contribution in [2.45, 2.75) is 26.2 Å². The fourth-order valence-electron chi connectivity index (χ4n) is 2.75. The van der Waals surface area contributed by atoms with Gasteiger partial charge in [-0.1, -0.05) is 30.7 Å². The van der Waals surface area contributed by atoms with E-state index in [0.29, 0.717) is 5.41 Å². The van der Waals surface area contributed by atoms with E-state index in [4.69, 9.17) is 23.2 Å². The molecular weight excluding hydrogens is 227 g/mol. The van der Waals surface area contributed by atoms with Crippen molar-refractivity contribution >= 4 is 23.2 Å². The van der Waals surface area contributed by atoms with E-state index in [1.807, 2.05) is 12.1 Å². The average molecular weight is 243 g/mol. The highest BCUT2D eigenvalue weighted by Gasteiger charge is 2.40. The monoisotopic (exact) mass is 242 g/mol. The fraction of sp³-hybridized carbons (Fsp3) is 0.538. The van der Waals surface area contributed by atoms with E-state index in [0.717, 1.165) is 23.2 Å². The fourth-order valence-corrected chi connectivity index (χ4v) is 3.19. The Morgan fingerprint density at radius 2 is 1.87 bits per heavy atom. The van der Waals surface area contributed by atoms with Crippen LogP contribution in [0.15, 0.2) is 24.3 Å². The highest BCUT2D eigenvalue weighted by molar-refractivity contribution is 6.30. The molecule has 0 aliphatic heterocycles. The van der Waals surface area contributed by atoms with Crippen molar-refractivity contribution in [3.05, 3.63) is 34.9 Å². The predicted molar refractivity (Wildman–Crippen MR) is 66.7 cm³/mol. The molecule has 0 aromatic heterocycles. The van der Waals surface area contributed by atoms with Gasteiger partial charge in [0.2, 0.25) is 0 Å². The molecular formula is C13H16Cl2. The molecule has 0 bridgehead atoms. The third-order valence-corrected chi connectivity index (χ3v) is 4.16. The van der Waals surface area contributed by atoms with Crippen molar-refractivity contribution in [3.63, 3.8) is 0 Å². The molecule has 0 unspecified atom stereocenters. The Morgan fingerprint density at radius 3 is 2.33 bits per heavy atom. The van der Waals surface area contributed by atoms with Gasteiger partial charge in [0.25, 0.3) is 0 Å². The molecule has 82 valence electrons. The molecule has 1 fully saturated rings. The van der Waals surface area contributed by atoms with Crippen LogP contribution in [0.4, 0.5) is 0 Å². The number of benzene rings is 1. The molecule has 0 atom stereocenters. The Labute approximate surface area is 102 Å². The minimum Gasteiger partial charge on any atom is -0.126 e. The Bertz CT molecular complexity index is 323. The van der Waals surface area contributed by atoms with Crippen LogP contribution in [0.25, 0.3) is 0 Å². The summed E-state index contributed by atoms with van der Waals surface area (Å²) in [4.78, 5) is 0. The van der Waals surface area contributed by atoms with Crippen LogP contribution in [-0.2, 0) is 6.42 Å². The molecule has 1 aliphatic rings. The van der Waals surface area contributed by atoms with E-state index < -0.39 is 0 Å². The molecule has 0 spiro atoms. The molecule has 0 nitrogen and oxygen atoms in total. The minimum atomic E-state index is 0.356. The van der Waals surface area contributed by atoms with Gasteiger partial charge in [-0.2, -0.15) is 0 Å². The van der Waals surface area contributed by atoms with E-state index in [9.17, 15) is 0 Å². The van der Waals surface area contributed by atoms with Crippen molar-refractivity contribution in [2.24, 2.45) is 11.3 Å². The van der Waals surface area contributed by atoms with Crippen LogP contribution < -0.4 is 0 Å². The molecule has 1 aromatic carbocycles. The number of halogens is 2. The summed E-state index contributed by atoms with van der Waals surface area (Å²) < 4.78 is 0. The van der Waals surface area contributed by atoms with E-state index in [2.05, 4.69) is 19.1 Å². The molecule has 1 aromatic rings. The van der Waals surface area contributed by atoms with Crippen molar-refractivity contribution in [1.29, 1.82) is 0 Å². The number of hydrogen-bond donors (Lipinski definition) is 0. The first-order valence-electron chi connectivity index (χ1n) is 5.44. The number of hydrogen-bond acceptors (Lipinski definition) is 0. The molecule has 2 rings (SSSR count). The van der Waals surface area contributed by atoms with Gasteiger partial charge >= 0.3 is 0 Å². The minimum absolute atomic E-state index is 0.356. The summed E-state index contributed by atoms with van der Waals surface area (Å²) in [5.74, 6) is 1.62. The van der Waals surface area contributed by atoms with Crippen LogP contribution in [-0.4, -0.2) is 5.88 Å². The zero-order valence-corrected chi connectivity index (χ0v) is 10.5. The molecule has 2 heteroatoms. The number of rotatable bonds is 3. The van der Waals surface area contributed by atoms with E-state index in [1.165, 1.54) is 18.4 Å². The molecule has 0 saturated heterocycles. The van der Waals surface area contributed by atoms with Gasteiger partial charge in [-0.25, -0.2) is 0 Å². The summed E-state index contributed by atoms with van der Waals surface area (Å²) in [5, 5.41) is 0.806. The molecule has 0 heterocycles. The predicted octanol–water partition coefficient (Wildman–Crippen LogP) is 4.54. The molecule has 1 aliphatic carbocycles. The maximum absolute atomic E-state index is 6.08. The van der Waals surface area contributed by atoms with Crippen LogP contribution in [0.2, 0.25) is 5.02 Å².